The average molecular weight is 259 g/mol. The van der Waals surface area contributed by atoms with Crippen molar-refractivity contribution in [3.05, 3.63) is 47.8 Å². The van der Waals surface area contributed by atoms with Crippen LogP contribution in [0, 0.1) is 6.92 Å². The van der Waals surface area contributed by atoms with Gasteiger partial charge in [-0.05, 0) is 25.1 Å². The van der Waals surface area contributed by atoms with Gasteiger partial charge in [0, 0.05) is 11.9 Å². The van der Waals surface area contributed by atoms with E-state index >= 15 is 0 Å². The minimum Gasteiger partial charge on any atom is -0.480 e. The molecule has 98 valence electrons. The van der Waals surface area contributed by atoms with Gasteiger partial charge in [-0.2, -0.15) is 5.10 Å². The molecule has 0 atom stereocenters. The number of aromatic amines is 1. The number of carbonyl (C=O) groups excluding carboxylic acids is 1. The summed E-state index contributed by atoms with van der Waals surface area (Å²) in [5, 5.41) is 15.2. The predicted octanol–water partition coefficient (Wildman–Crippen LogP) is 1.45. The Labute approximate surface area is 109 Å². The van der Waals surface area contributed by atoms with Crippen LogP contribution in [0.2, 0.25) is 0 Å². The predicted molar refractivity (Wildman–Crippen MR) is 69.1 cm³/mol. The van der Waals surface area contributed by atoms with Crippen LogP contribution in [0.4, 0.5) is 5.69 Å². The highest BCUT2D eigenvalue weighted by Crippen LogP contribution is 2.17. The van der Waals surface area contributed by atoms with E-state index in [4.69, 9.17) is 5.11 Å². The molecule has 2 aromatic rings. The lowest BCUT2D eigenvalue weighted by atomic mass is 10.2. The van der Waals surface area contributed by atoms with Gasteiger partial charge in [-0.3, -0.25) is 19.6 Å². The Kier molecular flexibility index (Phi) is 3.61. The van der Waals surface area contributed by atoms with Crippen LogP contribution in [-0.4, -0.2) is 33.7 Å². The van der Waals surface area contributed by atoms with Gasteiger partial charge in [0.05, 0.1) is 0 Å². The van der Waals surface area contributed by atoms with E-state index in [9.17, 15) is 9.59 Å². The van der Waals surface area contributed by atoms with Gasteiger partial charge >= 0.3 is 5.97 Å². The number of benzene rings is 1. The van der Waals surface area contributed by atoms with Gasteiger partial charge in [-0.1, -0.05) is 17.7 Å². The van der Waals surface area contributed by atoms with Gasteiger partial charge in [-0.25, -0.2) is 0 Å². The first-order chi connectivity index (χ1) is 9.08. The zero-order valence-corrected chi connectivity index (χ0v) is 10.3. The summed E-state index contributed by atoms with van der Waals surface area (Å²) >= 11 is 0. The number of amides is 1. The molecule has 19 heavy (non-hydrogen) atoms. The molecular weight excluding hydrogens is 246 g/mol. The van der Waals surface area contributed by atoms with Crippen molar-refractivity contribution in [2.24, 2.45) is 0 Å². The highest BCUT2D eigenvalue weighted by Gasteiger charge is 2.21. The number of anilines is 1. The number of hydrogen-bond acceptors (Lipinski definition) is 3. The van der Waals surface area contributed by atoms with Crippen LogP contribution >= 0.6 is 0 Å². The maximum atomic E-state index is 12.2. The van der Waals surface area contributed by atoms with Gasteiger partial charge in [0.1, 0.15) is 12.2 Å². The number of aliphatic carboxylic acids is 1. The van der Waals surface area contributed by atoms with Crippen LogP contribution in [0.5, 0.6) is 0 Å². The molecule has 0 aliphatic carbocycles. The lowest BCUT2D eigenvalue weighted by Gasteiger charge is -2.20. The molecule has 0 saturated heterocycles. The number of carboxylic acid groups (broad SMARTS) is 1. The van der Waals surface area contributed by atoms with Crippen molar-refractivity contribution in [3.63, 3.8) is 0 Å². The van der Waals surface area contributed by atoms with E-state index in [0.717, 1.165) is 5.56 Å². The number of carboxylic acids is 1. The Bertz CT molecular complexity index is 576. The second kappa shape index (κ2) is 5.34. The van der Waals surface area contributed by atoms with E-state index in [0.29, 0.717) is 5.69 Å². The van der Waals surface area contributed by atoms with E-state index in [1.165, 1.54) is 17.2 Å². The van der Waals surface area contributed by atoms with Crippen LogP contribution in [0.15, 0.2) is 36.5 Å². The second-order valence-electron chi connectivity index (χ2n) is 4.09. The van der Waals surface area contributed by atoms with Crippen molar-refractivity contribution >= 4 is 17.6 Å². The zero-order chi connectivity index (χ0) is 13.8. The normalized spacial score (nSPS) is 10.2. The fourth-order valence-electron chi connectivity index (χ4n) is 1.66. The molecule has 0 aliphatic rings. The fourth-order valence-corrected chi connectivity index (χ4v) is 1.66. The molecule has 0 saturated carbocycles. The summed E-state index contributed by atoms with van der Waals surface area (Å²) in [5.41, 5.74) is 1.82. The Morgan fingerprint density at radius 3 is 2.47 bits per heavy atom. The quantitative estimate of drug-likeness (QED) is 0.870. The summed E-state index contributed by atoms with van der Waals surface area (Å²) in [7, 11) is 0. The maximum Gasteiger partial charge on any atom is 0.323 e. The smallest absolute Gasteiger partial charge is 0.323 e. The van der Waals surface area contributed by atoms with Crippen molar-refractivity contribution in [2.45, 2.75) is 6.92 Å². The molecule has 1 aromatic heterocycles. The molecule has 1 amide bonds. The maximum absolute atomic E-state index is 12.2. The summed E-state index contributed by atoms with van der Waals surface area (Å²) in [6, 6.07) is 8.58. The van der Waals surface area contributed by atoms with Crippen molar-refractivity contribution in [2.75, 3.05) is 11.4 Å². The molecule has 0 bridgehead atoms. The molecule has 6 heteroatoms. The number of aryl methyl sites for hydroxylation is 1. The SMILES string of the molecule is Cc1ccc(N(CC(=O)O)C(=O)c2ccn[nH]2)cc1. The first kappa shape index (κ1) is 12.8. The first-order valence-electron chi connectivity index (χ1n) is 5.67. The molecule has 0 fully saturated rings. The van der Waals surface area contributed by atoms with Crippen molar-refractivity contribution in [3.8, 4) is 0 Å². The van der Waals surface area contributed by atoms with Crippen molar-refractivity contribution in [1.29, 1.82) is 0 Å². The monoisotopic (exact) mass is 259 g/mol. The van der Waals surface area contributed by atoms with E-state index in [-0.39, 0.29) is 5.69 Å². The van der Waals surface area contributed by atoms with E-state index < -0.39 is 18.4 Å². The average Bonchev–Trinajstić information content (AvgIpc) is 2.90. The summed E-state index contributed by atoms with van der Waals surface area (Å²) in [5.74, 6) is -1.50. The van der Waals surface area contributed by atoms with E-state index in [2.05, 4.69) is 10.2 Å². The Balaban J connectivity index is 2.33. The van der Waals surface area contributed by atoms with E-state index in [1.54, 1.807) is 12.1 Å². The molecule has 0 spiro atoms. The number of H-pyrrole nitrogens is 1. The molecule has 1 aromatic carbocycles. The minimum absolute atomic E-state index is 0.252. The van der Waals surface area contributed by atoms with Crippen LogP contribution in [0.3, 0.4) is 0 Å². The molecule has 0 radical (unpaired) electrons. The Morgan fingerprint density at radius 1 is 1.26 bits per heavy atom. The largest absolute Gasteiger partial charge is 0.480 e. The molecule has 0 unspecified atom stereocenters. The summed E-state index contributed by atoms with van der Waals surface area (Å²) in [6.45, 7) is 1.52. The van der Waals surface area contributed by atoms with Gasteiger partial charge in [-0.15, -0.1) is 0 Å². The minimum atomic E-state index is -1.08. The van der Waals surface area contributed by atoms with Gasteiger partial charge < -0.3 is 5.11 Å². The second-order valence-corrected chi connectivity index (χ2v) is 4.09. The Morgan fingerprint density at radius 2 is 1.95 bits per heavy atom. The number of carbonyl (C=O) groups is 2. The summed E-state index contributed by atoms with van der Waals surface area (Å²) in [4.78, 5) is 24.3. The number of nitrogens with zero attached hydrogens (tertiary/aromatic N) is 2. The molecule has 2 rings (SSSR count). The highest BCUT2D eigenvalue weighted by atomic mass is 16.4. The third kappa shape index (κ3) is 2.98. The van der Waals surface area contributed by atoms with Crippen molar-refractivity contribution < 1.29 is 14.7 Å². The molecule has 1 heterocycles. The fraction of sp³-hybridized carbons (Fsp3) is 0.154. The van der Waals surface area contributed by atoms with Crippen LogP contribution in [0.25, 0.3) is 0 Å². The molecule has 2 N–H and O–H groups in total. The topological polar surface area (TPSA) is 86.3 Å². The molecular formula is C13H13N3O3. The first-order valence-corrected chi connectivity index (χ1v) is 5.67. The highest BCUT2D eigenvalue weighted by molar-refractivity contribution is 6.06. The lowest BCUT2D eigenvalue weighted by Crippen LogP contribution is -2.36. The van der Waals surface area contributed by atoms with Crippen LogP contribution in [0.1, 0.15) is 16.1 Å². The third-order valence-electron chi connectivity index (χ3n) is 2.62. The number of rotatable bonds is 4. The third-order valence-corrected chi connectivity index (χ3v) is 2.62. The standard InChI is InChI=1S/C13H13N3O3/c1-9-2-4-10(5-3-9)16(8-12(17)18)13(19)11-6-7-14-15-11/h2-7H,8H2,1H3,(H,14,15)(H,17,18). The number of aromatic nitrogens is 2. The lowest BCUT2D eigenvalue weighted by molar-refractivity contribution is -0.135. The summed E-state index contributed by atoms with van der Waals surface area (Å²) in [6.07, 6.45) is 1.45. The van der Waals surface area contributed by atoms with Crippen molar-refractivity contribution in [1.82, 2.24) is 10.2 Å². The van der Waals surface area contributed by atoms with Crippen LogP contribution in [-0.2, 0) is 4.79 Å². The van der Waals surface area contributed by atoms with Crippen LogP contribution < -0.4 is 4.90 Å². The zero-order valence-electron chi connectivity index (χ0n) is 10.3. The van der Waals surface area contributed by atoms with Gasteiger partial charge in [0.25, 0.3) is 5.91 Å². The molecule has 0 aliphatic heterocycles. The number of nitrogens with one attached hydrogen (secondary N) is 1. The summed E-state index contributed by atoms with van der Waals surface area (Å²) < 4.78 is 0. The van der Waals surface area contributed by atoms with E-state index in [1.807, 2.05) is 19.1 Å². The Hall–Kier alpha value is -2.63. The molecule has 6 nitrogen and oxygen atoms in total. The van der Waals surface area contributed by atoms with Gasteiger partial charge in [0.2, 0.25) is 0 Å². The number of hydrogen-bond donors (Lipinski definition) is 2. The van der Waals surface area contributed by atoms with Gasteiger partial charge in [0.15, 0.2) is 0 Å².